The van der Waals surface area contributed by atoms with Crippen LogP contribution in [0.3, 0.4) is 0 Å². The first-order valence-electron chi connectivity index (χ1n) is 4.26. The molecule has 0 aliphatic carbocycles. The minimum absolute atomic E-state index is 0.152. The van der Waals surface area contributed by atoms with E-state index in [1.54, 1.807) is 0 Å². The Morgan fingerprint density at radius 1 is 1.33 bits per heavy atom. The minimum Gasteiger partial charge on any atom is -0.316 e. The second-order valence-electron chi connectivity index (χ2n) is 2.94. The van der Waals surface area contributed by atoms with E-state index in [1.165, 1.54) is 12.0 Å². The van der Waals surface area contributed by atoms with E-state index in [0.717, 1.165) is 12.0 Å². The predicted molar refractivity (Wildman–Crippen MR) is 56.4 cm³/mol. The quantitative estimate of drug-likeness (QED) is 0.544. The van der Waals surface area contributed by atoms with Crippen molar-refractivity contribution in [3.8, 4) is 0 Å². The van der Waals surface area contributed by atoms with E-state index in [0.29, 0.717) is 0 Å². The summed E-state index contributed by atoms with van der Waals surface area (Å²) >= 11 is 4.15. The lowest BCUT2D eigenvalue weighted by Gasteiger charge is -2.05. The summed E-state index contributed by atoms with van der Waals surface area (Å²) in [6.07, 6.45) is 2.33. The van der Waals surface area contributed by atoms with Gasteiger partial charge in [0.2, 0.25) is 0 Å². The van der Waals surface area contributed by atoms with Gasteiger partial charge in [0, 0.05) is 0 Å². The number of benzene rings is 1. The summed E-state index contributed by atoms with van der Waals surface area (Å²) in [6, 6.07) is 8.33. The zero-order valence-corrected chi connectivity index (χ0v) is 8.22. The van der Waals surface area contributed by atoms with E-state index < -0.39 is 0 Å². The van der Waals surface area contributed by atoms with Gasteiger partial charge in [-0.05, 0) is 17.5 Å². The van der Waals surface area contributed by atoms with Gasteiger partial charge in [-0.25, -0.2) is 0 Å². The van der Waals surface area contributed by atoms with E-state index in [2.05, 4.69) is 31.7 Å². The van der Waals surface area contributed by atoms with Gasteiger partial charge in [-0.2, -0.15) is 12.6 Å². The topological polar surface area (TPSA) is 26.0 Å². The molecule has 0 fully saturated rings. The fraction of sp³-hybridized carbons (Fsp3) is 0.400. The molecule has 0 saturated heterocycles. The molecule has 0 bridgehead atoms. The fourth-order valence-corrected chi connectivity index (χ4v) is 1.34. The lowest BCUT2D eigenvalue weighted by atomic mass is 10.1. The lowest BCUT2D eigenvalue weighted by molar-refractivity contribution is 0.918. The Bertz CT molecular complexity index is 228. The zero-order valence-electron chi connectivity index (χ0n) is 7.33. The third-order valence-corrected chi connectivity index (χ3v) is 2.16. The number of hydrogen-bond acceptors (Lipinski definition) is 2. The highest BCUT2D eigenvalue weighted by Crippen LogP contribution is 2.14. The number of nitrogens with two attached hydrogens (primary N) is 1. The van der Waals surface area contributed by atoms with E-state index in [-0.39, 0.29) is 5.37 Å². The zero-order chi connectivity index (χ0) is 8.97. The summed E-state index contributed by atoms with van der Waals surface area (Å²) in [5, 5.41) is -0.152. The minimum atomic E-state index is -0.152. The molecule has 0 saturated carbocycles. The molecule has 0 spiro atoms. The highest BCUT2D eigenvalue weighted by atomic mass is 32.1. The maximum Gasteiger partial charge on any atom is 0.0734 e. The van der Waals surface area contributed by atoms with Crippen molar-refractivity contribution in [1.82, 2.24) is 0 Å². The maximum absolute atomic E-state index is 5.60. The highest BCUT2D eigenvalue weighted by Gasteiger charge is 1.98. The molecular formula is C10H15NS. The molecule has 12 heavy (non-hydrogen) atoms. The molecule has 1 unspecified atom stereocenters. The molecule has 1 aromatic rings. The van der Waals surface area contributed by atoms with Crippen molar-refractivity contribution in [3.63, 3.8) is 0 Å². The van der Waals surface area contributed by atoms with Crippen LogP contribution in [0.4, 0.5) is 0 Å². The Kier molecular flexibility index (Phi) is 3.63. The SMILES string of the molecule is CCCc1ccc(C(N)S)cc1. The van der Waals surface area contributed by atoms with Gasteiger partial charge in [-0.15, -0.1) is 0 Å². The summed E-state index contributed by atoms with van der Waals surface area (Å²) in [5.41, 5.74) is 8.05. The largest absolute Gasteiger partial charge is 0.316 e. The molecule has 1 rings (SSSR count). The smallest absolute Gasteiger partial charge is 0.0734 e. The van der Waals surface area contributed by atoms with Gasteiger partial charge in [0.15, 0.2) is 0 Å². The first-order chi connectivity index (χ1) is 5.74. The molecule has 0 radical (unpaired) electrons. The van der Waals surface area contributed by atoms with Crippen molar-refractivity contribution in [2.75, 3.05) is 0 Å². The van der Waals surface area contributed by atoms with Crippen LogP contribution in [0, 0.1) is 0 Å². The Balaban J connectivity index is 2.71. The highest BCUT2D eigenvalue weighted by molar-refractivity contribution is 7.80. The maximum atomic E-state index is 5.60. The van der Waals surface area contributed by atoms with Crippen LogP contribution in [0.1, 0.15) is 29.8 Å². The Morgan fingerprint density at radius 3 is 2.33 bits per heavy atom. The lowest BCUT2D eigenvalue weighted by Crippen LogP contribution is -2.01. The van der Waals surface area contributed by atoms with Crippen LogP contribution in [0.25, 0.3) is 0 Å². The predicted octanol–water partition coefficient (Wildman–Crippen LogP) is 2.53. The van der Waals surface area contributed by atoms with Gasteiger partial charge in [0.1, 0.15) is 0 Å². The van der Waals surface area contributed by atoms with Crippen molar-refractivity contribution in [3.05, 3.63) is 35.4 Å². The number of hydrogen-bond donors (Lipinski definition) is 2. The molecule has 0 amide bonds. The molecule has 66 valence electrons. The second kappa shape index (κ2) is 4.53. The molecule has 1 atom stereocenters. The van der Waals surface area contributed by atoms with Crippen LogP contribution in [0.2, 0.25) is 0 Å². The van der Waals surface area contributed by atoms with Crippen molar-refractivity contribution < 1.29 is 0 Å². The number of rotatable bonds is 3. The van der Waals surface area contributed by atoms with Crippen LogP contribution >= 0.6 is 12.6 Å². The monoisotopic (exact) mass is 181 g/mol. The molecule has 0 heterocycles. The number of aryl methyl sites for hydroxylation is 1. The average Bonchev–Trinajstić information content (AvgIpc) is 2.06. The fourth-order valence-electron chi connectivity index (χ4n) is 1.17. The van der Waals surface area contributed by atoms with Crippen LogP contribution in [0.15, 0.2) is 24.3 Å². The normalized spacial score (nSPS) is 12.9. The summed E-state index contributed by atoms with van der Waals surface area (Å²) < 4.78 is 0. The van der Waals surface area contributed by atoms with Gasteiger partial charge >= 0.3 is 0 Å². The number of thiol groups is 1. The summed E-state index contributed by atoms with van der Waals surface area (Å²) in [4.78, 5) is 0. The van der Waals surface area contributed by atoms with Crippen LogP contribution in [-0.2, 0) is 6.42 Å². The van der Waals surface area contributed by atoms with Gasteiger partial charge in [-0.3, -0.25) is 0 Å². The summed E-state index contributed by atoms with van der Waals surface area (Å²) in [7, 11) is 0. The molecule has 1 nitrogen and oxygen atoms in total. The third-order valence-electron chi connectivity index (χ3n) is 1.86. The molecule has 1 aromatic carbocycles. The first-order valence-corrected chi connectivity index (χ1v) is 4.78. The average molecular weight is 181 g/mol. The Morgan fingerprint density at radius 2 is 1.92 bits per heavy atom. The molecule has 0 aliphatic rings. The second-order valence-corrected chi connectivity index (χ2v) is 3.49. The Labute approximate surface area is 79.4 Å². The molecule has 2 N–H and O–H groups in total. The van der Waals surface area contributed by atoms with Crippen LogP contribution in [-0.4, -0.2) is 0 Å². The van der Waals surface area contributed by atoms with E-state index >= 15 is 0 Å². The third kappa shape index (κ3) is 2.54. The van der Waals surface area contributed by atoms with Gasteiger partial charge in [0.05, 0.1) is 5.37 Å². The Hall–Kier alpha value is -0.470. The van der Waals surface area contributed by atoms with E-state index in [4.69, 9.17) is 5.73 Å². The van der Waals surface area contributed by atoms with Crippen LogP contribution in [0.5, 0.6) is 0 Å². The molecular weight excluding hydrogens is 166 g/mol. The molecule has 0 aromatic heterocycles. The van der Waals surface area contributed by atoms with E-state index in [1.807, 2.05) is 12.1 Å². The van der Waals surface area contributed by atoms with Crippen molar-refractivity contribution >= 4 is 12.6 Å². The van der Waals surface area contributed by atoms with Gasteiger partial charge in [-0.1, -0.05) is 37.6 Å². The molecule has 2 heteroatoms. The first kappa shape index (κ1) is 9.62. The summed E-state index contributed by atoms with van der Waals surface area (Å²) in [6.45, 7) is 2.18. The van der Waals surface area contributed by atoms with Gasteiger partial charge < -0.3 is 5.73 Å². The van der Waals surface area contributed by atoms with E-state index in [9.17, 15) is 0 Å². The van der Waals surface area contributed by atoms with Crippen molar-refractivity contribution in [2.24, 2.45) is 5.73 Å². The van der Waals surface area contributed by atoms with Crippen LogP contribution < -0.4 is 5.73 Å². The van der Waals surface area contributed by atoms with Gasteiger partial charge in [0.25, 0.3) is 0 Å². The van der Waals surface area contributed by atoms with Crippen molar-refractivity contribution in [1.29, 1.82) is 0 Å². The standard InChI is InChI=1S/C10H15NS/c1-2-3-8-4-6-9(7-5-8)10(11)12/h4-7,10,12H,2-3,11H2,1H3. The summed E-state index contributed by atoms with van der Waals surface area (Å²) in [5.74, 6) is 0. The van der Waals surface area contributed by atoms with Crippen molar-refractivity contribution in [2.45, 2.75) is 25.1 Å². The molecule has 0 aliphatic heterocycles.